The van der Waals surface area contributed by atoms with Gasteiger partial charge in [0.05, 0.1) is 6.07 Å². The zero-order chi connectivity index (χ0) is 11.4. The molecule has 0 amide bonds. The minimum absolute atomic E-state index is 0.536. The van der Waals surface area contributed by atoms with Crippen LogP contribution in [0, 0.1) is 11.3 Å². The molecule has 1 aliphatic heterocycles. The van der Waals surface area contributed by atoms with E-state index < -0.39 is 5.38 Å². The molecular formula is C12H13ClN2S. The predicted octanol–water partition coefficient (Wildman–Crippen LogP) is 3.04. The molecule has 1 aliphatic rings. The summed E-state index contributed by atoms with van der Waals surface area (Å²) in [6.45, 7) is 2.21. The van der Waals surface area contributed by atoms with Crippen molar-refractivity contribution in [1.29, 1.82) is 5.26 Å². The molecule has 0 aromatic heterocycles. The van der Waals surface area contributed by atoms with Gasteiger partial charge in [0.25, 0.3) is 0 Å². The van der Waals surface area contributed by atoms with Crippen LogP contribution < -0.4 is 4.90 Å². The molecule has 0 saturated carbocycles. The van der Waals surface area contributed by atoms with Crippen molar-refractivity contribution in [2.24, 2.45) is 0 Å². The first kappa shape index (κ1) is 11.6. The van der Waals surface area contributed by atoms with Crippen LogP contribution in [0.25, 0.3) is 0 Å². The van der Waals surface area contributed by atoms with E-state index in [-0.39, 0.29) is 0 Å². The molecule has 0 spiro atoms. The fraction of sp³-hybridized carbons (Fsp3) is 0.417. The van der Waals surface area contributed by atoms with Crippen LogP contribution in [0.2, 0.25) is 0 Å². The molecule has 0 N–H and O–H groups in total. The van der Waals surface area contributed by atoms with Gasteiger partial charge < -0.3 is 4.90 Å². The number of rotatable bonds is 2. The van der Waals surface area contributed by atoms with Crippen LogP contribution in [0.3, 0.4) is 0 Å². The minimum Gasteiger partial charge on any atom is -0.370 e. The molecule has 0 radical (unpaired) electrons. The average Bonchev–Trinajstić information content (AvgIpc) is 2.39. The molecule has 1 unspecified atom stereocenters. The van der Waals surface area contributed by atoms with E-state index in [4.69, 9.17) is 16.9 Å². The highest BCUT2D eigenvalue weighted by atomic mass is 35.5. The van der Waals surface area contributed by atoms with E-state index in [1.165, 1.54) is 17.2 Å². The molecule has 16 heavy (non-hydrogen) atoms. The van der Waals surface area contributed by atoms with E-state index in [9.17, 15) is 0 Å². The average molecular weight is 253 g/mol. The maximum Gasteiger partial charge on any atom is 0.145 e. The first-order valence-corrected chi connectivity index (χ1v) is 6.87. The Morgan fingerprint density at radius 1 is 1.25 bits per heavy atom. The summed E-state index contributed by atoms with van der Waals surface area (Å²) >= 11 is 7.85. The van der Waals surface area contributed by atoms with Crippen LogP contribution in [-0.4, -0.2) is 24.6 Å². The smallest absolute Gasteiger partial charge is 0.145 e. The Morgan fingerprint density at radius 2 is 1.88 bits per heavy atom. The van der Waals surface area contributed by atoms with Gasteiger partial charge >= 0.3 is 0 Å². The van der Waals surface area contributed by atoms with Gasteiger partial charge in [-0.05, 0) is 17.7 Å². The fourth-order valence-corrected chi connectivity index (χ4v) is 2.80. The van der Waals surface area contributed by atoms with Crippen molar-refractivity contribution in [2.45, 2.75) is 5.38 Å². The molecular weight excluding hydrogens is 240 g/mol. The molecule has 0 bridgehead atoms. The van der Waals surface area contributed by atoms with Crippen LogP contribution in [0.15, 0.2) is 24.3 Å². The molecule has 1 fully saturated rings. The molecule has 2 rings (SSSR count). The summed E-state index contributed by atoms with van der Waals surface area (Å²) in [5, 5.41) is 8.17. The number of benzene rings is 1. The zero-order valence-electron chi connectivity index (χ0n) is 8.90. The second kappa shape index (κ2) is 5.47. The Balaban J connectivity index is 2.09. The van der Waals surface area contributed by atoms with Gasteiger partial charge in [-0.2, -0.15) is 17.0 Å². The monoisotopic (exact) mass is 252 g/mol. The summed E-state index contributed by atoms with van der Waals surface area (Å²) in [4.78, 5) is 2.37. The number of hydrogen-bond acceptors (Lipinski definition) is 3. The molecule has 1 heterocycles. The van der Waals surface area contributed by atoms with E-state index in [1.807, 2.05) is 30.0 Å². The minimum atomic E-state index is -0.536. The van der Waals surface area contributed by atoms with Crippen molar-refractivity contribution in [3.63, 3.8) is 0 Å². The second-order valence-electron chi connectivity index (χ2n) is 3.68. The van der Waals surface area contributed by atoms with Crippen LogP contribution in [0.5, 0.6) is 0 Å². The van der Waals surface area contributed by atoms with Crippen molar-refractivity contribution in [1.82, 2.24) is 0 Å². The van der Waals surface area contributed by atoms with Crippen molar-refractivity contribution in [3.05, 3.63) is 29.8 Å². The lowest BCUT2D eigenvalue weighted by atomic mass is 10.1. The summed E-state index contributed by atoms with van der Waals surface area (Å²) < 4.78 is 0. The summed E-state index contributed by atoms with van der Waals surface area (Å²) in [5.41, 5.74) is 2.10. The van der Waals surface area contributed by atoms with Crippen molar-refractivity contribution in [2.75, 3.05) is 29.5 Å². The third kappa shape index (κ3) is 2.63. The highest BCUT2D eigenvalue weighted by Gasteiger charge is 2.12. The van der Waals surface area contributed by atoms with Crippen LogP contribution in [0.1, 0.15) is 10.9 Å². The Hall–Kier alpha value is -0.850. The number of nitriles is 1. The number of anilines is 1. The number of nitrogens with zero attached hydrogens (tertiary/aromatic N) is 2. The third-order valence-corrected chi connectivity index (χ3v) is 3.97. The Bertz CT molecular complexity index is 379. The Morgan fingerprint density at radius 3 is 2.44 bits per heavy atom. The summed E-state index contributed by atoms with van der Waals surface area (Å²) in [6.07, 6.45) is 0. The highest BCUT2D eigenvalue weighted by Crippen LogP contribution is 2.24. The van der Waals surface area contributed by atoms with Gasteiger partial charge in [-0.15, -0.1) is 11.6 Å². The van der Waals surface area contributed by atoms with E-state index in [0.29, 0.717) is 0 Å². The van der Waals surface area contributed by atoms with Crippen LogP contribution >= 0.6 is 23.4 Å². The van der Waals surface area contributed by atoms with Gasteiger partial charge in [0.15, 0.2) is 0 Å². The first-order chi connectivity index (χ1) is 7.81. The number of halogens is 1. The third-order valence-electron chi connectivity index (χ3n) is 2.68. The van der Waals surface area contributed by atoms with Gasteiger partial charge in [0.1, 0.15) is 5.38 Å². The van der Waals surface area contributed by atoms with E-state index in [2.05, 4.69) is 17.0 Å². The maximum atomic E-state index is 8.71. The first-order valence-electron chi connectivity index (χ1n) is 5.27. The zero-order valence-corrected chi connectivity index (χ0v) is 10.5. The largest absolute Gasteiger partial charge is 0.370 e. The van der Waals surface area contributed by atoms with E-state index >= 15 is 0 Å². The van der Waals surface area contributed by atoms with E-state index in [0.717, 1.165) is 18.7 Å². The van der Waals surface area contributed by atoms with E-state index in [1.54, 1.807) is 0 Å². The topological polar surface area (TPSA) is 27.0 Å². The lowest BCUT2D eigenvalue weighted by Gasteiger charge is -2.28. The number of alkyl halides is 1. The van der Waals surface area contributed by atoms with Gasteiger partial charge in [0, 0.05) is 30.3 Å². The number of hydrogen-bond donors (Lipinski definition) is 0. The predicted molar refractivity (Wildman–Crippen MR) is 70.2 cm³/mol. The lowest BCUT2D eigenvalue weighted by molar-refractivity contribution is 0.858. The molecule has 84 valence electrons. The lowest BCUT2D eigenvalue weighted by Crippen LogP contribution is -2.32. The van der Waals surface area contributed by atoms with Crippen molar-refractivity contribution >= 4 is 29.1 Å². The molecule has 1 aromatic rings. The normalized spacial score (nSPS) is 17.9. The SMILES string of the molecule is N#CC(Cl)c1ccc(N2CCSCC2)cc1. The Labute approximate surface area is 105 Å². The molecule has 2 nitrogen and oxygen atoms in total. The summed E-state index contributed by atoms with van der Waals surface area (Å²) in [6, 6.07) is 10.0. The summed E-state index contributed by atoms with van der Waals surface area (Å²) in [7, 11) is 0. The summed E-state index contributed by atoms with van der Waals surface area (Å²) in [5.74, 6) is 2.39. The van der Waals surface area contributed by atoms with Crippen LogP contribution in [0.4, 0.5) is 5.69 Å². The molecule has 1 aromatic carbocycles. The molecule has 1 saturated heterocycles. The van der Waals surface area contributed by atoms with Gasteiger partial charge in [-0.1, -0.05) is 12.1 Å². The fourth-order valence-electron chi connectivity index (χ4n) is 1.75. The van der Waals surface area contributed by atoms with Gasteiger partial charge in [0.2, 0.25) is 0 Å². The van der Waals surface area contributed by atoms with Gasteiger partial charge in [-0.3, -0.25) is 0 Å². The molecule has 4 heteroatoms. The maximum absolute atomic E-state index is 8.71. The Kier molecular flexibility index (Phi) is 3.98. The van der Waals surface area contributed by atoms with Crippen molar-refractivity contribution < 1.29 is 0 Å². The quantitative estimate of drug-likeness (QED) is 0.757. The van der Waals surface area contributed by atoms with Crippen LogP contribution in [-0.2, 0) is 0 Å². The standard InChI is InChI=1S/C12H13ClN2S/c13-12(9-14)10-1-3-11(4-2-10)15-5-7-16-8-6-15/h1-4,12H,5-8H2. The molecule has 1 atom stereocenters. The van der Waals surface area contributed by atoms with Crippen molar-refractivity contribution in [3.8, 4) is 6.07 Å². The molecule has 0 aliphatic carbocycles. The highest BCUT2D eigenvalue weighted by molar-refractivity contribution is 7.99. The van der Waals surface area contributed by atoms with Gasteiger partial charge in [-0.25, -0.2) is 0 Å². The second-order valence-corrected chi connectivity index (χ2v) is 5.34. The number of thioether (sulfide) groups is 1.